The summed E-state index contributed by atoms with van der Waals surface area (Å²) < 4.78 is 5.39. The Morgan fingerprint density at radius 1 is 1.21 bits per heavy atom. The van der Waals surface area contributed by atoms with Crippen molar-refractivity contribution in [2.24, 2.45) is 0 Å². The lowest BCUT2D eigenvalue weighted by molar-refractivity contribution is -0.128. The smallest absolute Gasteiger partial charge is 0.236 e. The van der Waals surface area contributed by atoms with Gasteiger partial charge in [0.25, 0.3) is 0 Å². The van der Waals surface area contributed by atoms with E-state index in [9.17, 15) is 4.79 Å². The van der Waals surface area contributed by atoms with Gasteiger partial charge in [0.15, 0.2) is 0 Å². The Bertz CT molecular complexity index is 601. The van der Waals surface area contributed by atoms with Crippen molar-refractivity contribution in [2.45, 2.75) is 25.7 Å². The number of rotatable bonds is 9. The van der Waals surface area contributed by atoms with Crippen LogP contribution >= 0.6 is 12.4 Å². The molecule has 1 aromatic heterocycles. The Labute approximate surface area is 149 Å². The summed E-state index contributed by atoms with van der Waals surface area (Å²) in [6.45, 7) is 1.20. The number of nitrogens with one attached hydrogen (secondary N) is 1. The number of aryl methyl sites for hydroxylation is 1. The Morgan fingerprint density at radius 3 is 2.67 bits per heavy atom. The van der Waals surface area contributed by atoms with Crippen LogP contribution in [0.3, 0.4) is 0 Å². The molecule has 0 spiro atoms. The highest BCUT2D eigenvalue weighted by molar-refractivity contribution is 5.85. The standard InChI is InChI=1S/C18H25N3O2.ClH/c1-19-14-18(22)21(2)12-8-4-7-11-16-13-17(20-23-16)15-9-5-3-6-10-15;/h3,5-6,9-10,13,19H,4,7-8,11-12,14H2,1-2H3;1H. The van der Waals surface area contributed by atoms with Crippen molar-refractivity contribution < 1.29 is 9.32 Å². The Balaban J connectivity index is 0.00000288. The second-order valence-corrected chi connectivity index (χ2v) is 5.70. The number of hydrogen-bond acceptors (Lipinski definition) is 4. The van der Waals surface area contributed by atoms with E-state index in [0.29, 0.717) is 6.54 Å². The first-order valence-electron chi connectivity index (χ1n) is 8.10. The number of hydrogen-bond donors (Lipinski definition) is 1. The zero-order chi connectivity index (χ0) is 16.5. The molecule has 1 N–H and O–H groups in total. The van der Waals surface area contributed by atoms with Gasteiger partial charge in [-0.3, -0.25) is 4.79 Å². The number of carbonyl (C=O) groups is 1. The van der Waals surface area contributed by atoms with Crippen LogP contribution < -0.4 is 5.32 Å². The van der Waals surface area contributed by atoms with Crippen molar-refractivity contribution in [3.63, 3.8) is 0 Å². The average molecular weight is 352 g/mol. The van der Waals surface area contributed by atoms with Crippen LogP contribution in [0.2, 0.25) is 0 Å². The topological polar surface area (TPSA) is 58.4 Å². The third-order valence-corrected chi connectivity index (χ3v) is 3.80. The molecule has 1 heterocycles. The fourth-order valence-corrected chi connectivity index (χ4v) is 2.41. The van der Waals surface area contributed by atoms with Crippen molar-refractivity contribution in [1.82, 2.24) is 15.4 Å². The highest BCUT2D eigenvalue weighted by Crippen LogP contribution is 2.19. The van der Waals surface area contributed by atoms with Crippen molar-refractivity contribution in [1.29, 1.82) is 0 Å². The van der Waals surface area contributed by atoms with Gasteiger partial charge >= 0.3 is 0 Å². The minimum absolute atomic E-state index is 0. The normalized spacial score (nSPS) is 10.2. The van der Waals surface area contributed by atoms with Crippen LogP contribution in [0, 0.1) is 0 Å². The maximum Gasteiger partial charge on any atom is 0.236 e. The molecule has 2 aromatic rings. The van der Waals surface area contributed by atoms with Gasteiger partial charge in [-0.25, -0.2) is 0 Å². The summed E-state index contributed by atoms with van der Waals surface area (Å²) in [5, 5.41) is 7.00. The van der Waals surface area contributed by atoms with Gasteiger partial charge in [0.2, 0.25) is 5.91 Å². The van der Waals surface area contributed by atoms with E-state index in [1.54, 1.807) is 11.9 Å². The number of unbranched alkanes of at least 4 members (excludes halogenated alkanes) is 2. The number of likely N-dealkylation sites (N-methyl/N-ethyl adjacent to an activating group) is 2. The summed E-state index contributed by atoms with van der Waals surface area (Å²) in [4.78, 5) is 13.4. The molecule has 0 aliphatic rings. The molecule has 0 aliphatic carbocycles. The molecule has 0 radical (unpaired) electrons. The van der Waals surface area contributed by atoms with Gasteiger partial charge in [-0.15, -0.1) is 12.4 Å². The Kier molecular flexibility index (Phi) is 9.12. The number of amides is 1. The van der Waals surface area contributed by atoms with Crippen LogP contribution in [-0.2, 0) is 11.2 Å². The van der Waals surface area contributed by atoms with E-state index in [1.807, 2.05) is 43.4 Å². The van der Waals surface area contributed by atoms with Gasteiger partial charge in [0.05, 0.1) is 6.54 Å². The molecule has 0 unspecified atom stereocenters. The van der Waals surface area contributed by atoms with Crippen molar-refractivity contribution in [2.75, 3.05) is 27.2 Å². The lowest BCUT2D eigenvalue weighted by atomic mass is 10.1. The van der Waals surface area contributed by atoms with Crippen molar-refractivity contribution >= 4 is 18.3 Å². The van der Waals surface area contributed by atoms with Crippen LogP contribution in [0.25, 0.3) is 11.3 Å². The second-order valence-electron chi connectivity index (χ2n) is 5.70. The first kappa shape index (κ1) is 20.2. The molecule has 5 nitrogen and oxygen atoms in total. The summed E-state index contributed by atoms with van der Waals surface area (Å²) >= 11 is 0. The first-order valence-corrected chi connectivity index (χ1v) is 8.10. The van der Waals surface area contributed by atoms with Crippen LogP contribution in [0.15, 0.2) is 40.9 Å². The van der Waals surface area contributed by atoms with Crippen LogP contribution in [-0.4, -0.2) is 43.1 Å². The van der Waals surface area contributed by atoms with Gasteiger partial charge < -0.3 is 14.7 Å². The molecular formula is C18H26ClN3O2. The molecule has 0 aliphatic heterocycles. The van der Waals surface area contributed by atoms with Crippen molar-refractivity contribution in [3.05, 3.63) is 42.2 Å². The number of halogens is 1. The third kappa shape index (κ3) is 6.34. The summed E-state index contributed by atoms with van der Waals surface area (Å²) in [6.07, 6.45) is 4.00. The summed E-state index contributed by atoms with van der Waals surface area (Å²) in [7, 11) is 3.63. The fourth-order valence-electron chi connectivity index (χ4n) is 2.41. The highest BCUT2D eigenvalue weighted by atomic mass is 35.5. The summed E-state index contributed by atoms with van der Waals surface area (Å²) in [6, 6.07) is 12.0. The van der Waals surface area contributed by atoms with E-state index in [4.69, 9.17) is 4.52 Å². The van der Waals surface area contributed by atoms with Gasteiger partial charge in [0.1, 0.15) is 11.5 Å². The van der Waals surface area contributed by atoms with Crippen LogP contribution in [0.1, 0.15) is 25.0 Å². The van der Waals surface area contributed by atoms with Gasteiger partial charge in [-0.2, -0.15) is 0 Å². The van der Waals surface area contributed by atoms with E-state index in [-0.39, 0.29) is 18.3 Å². The number of aromatic nitrogens is 1. The largest absolute Gasteiger partial charge is 0.361 e. The summed E-state index contributed by atoms with van der Waals surface area (Å²) in [5.74, 6) is 1.05. The maximum absolute atomic E-state index is 11.6. The first-order chi connectivity index (χ1) is 11.2. The fraction of sp³-hybridized carbons (Fsp3) is 0.444. The molecule has 0 bridgehead atoms. The Hall–Kier alpha value is -1.85. The molecule has 1 amide bonds. The van der Waals surface area contributed by atoms with E-state index in [0.717, 1.165) is 49.2 Å². The molecule has 0 fully saturated rings. The lowest BCUT2D eigenvalue weighted by Gasteiger charge is -2.16. The molecule has 0 saturated carbocycles. The molecule has 2 rings (SSSR count). The van der Waals surface area contributed by atoms with Crippen molar-refractivity contribution in [3.8, 4) is 11.3 Å². The van der Waals surface area contributed by atoms with Gasteiger partial charge in [-0.1, -0.05) is 41.9 Å². The maximum atomic E-state index is 11.6. The SMILES string of the molecule is CNCC(=O)N(C)CCCCCc1cc(-c2ccccc2)no1.Cl. The number of carbonyl (C=O) groups excluding carboxylic acids is 1. The number of nitrogens with zero attached hydrogens (tertiary/aromatic N) is 2. The monoisotopic (exact) mass is 351 g/mol. The minimum Gasteiger partial charge on any atom is -0.361 e. The lowest BCUT2D eigenvalue weighted by Crippen LogP contribution is -2.34. The van der Waals surface area contributed by atoms with E-state index in [1.165, 1.54) is 0 Å². The zero-order valence-corrected chi connectivity index (χ0v) is 15.1. The van der Waals surface area contributed by atoms with E-state index < -0.39 is 0 Å². The molecule has 24 heavy (non-hydrogen) atoms. The van der Waals surface area contributed by atoms with E-state index >= 15 is 0 Å². The minimum atomic E-state index is 0. The van der Waals surface area contributed by atoms with Gasteiger partial charge in [-0.05, 0) is 19.9 Å². The molecule has 0 atom stereocenters. The zero-order valence-electron chi connectivity index (χ0n) is 14.3. The average Bonchev–Trinajstić information content (AvgIpc) is 3.04. The second kappa shape index (κ2) is 10.8. The molecule has 6 heteroatoms. The predicted molar refractivity (Wildman–Crippen MR) is 98.3 cm³/mol. The summed E-state index contributed by atoms with van der Waals surface area (Å²) in [5.41, 5.74) is 1.96. The highest BCUT2D eigenvalue weighted by Gasteiger charge is 2.08. The van der Waals surface area contributed by atoms with Crippen LogP contribution in [0.4, 0.5) is 0 Å². The molecule has 1 aromatic carbocycles. The van der Waals surface area contributed by atoms with Gasteiger partial charge in [0, 0.05) is 31.6 Å². The predicted octanol–water partition coefficient (Wildman–Crippen LogP) is 3.15. The van der Waals surface area contributed by atoms with E-state index in [2.05, 4.69) is 10.5 Å². The quantitative estimate of drug-likeness (QED) is 0.705. The molecule has 0 saturated heterocycles. The molecular weight excluding hydrogens is 326 g/mol. The number of benzene rings is 1. The third-order valence-electron chi connectivity index (χ3n) is 3.80. The van der Waals surface area contributed by atoms with Crippen LogP contribution in [0.5, 0.6) is 0 Å². The molecule has 132 valence electrons. The Morgan fingerprint density at radius 2 is 1.96 bits per heavy atom.